The number of nitrogens with one attached hydrogen (secondary N) is 1. The number of hydrogen-bond acceptors (Lipinski definition) is 8. The zero-order valence-corrected chi connectivity index (χ0v) is 22.8. The molecule has 5 aliphatic rings. The molecule has 1 aromatic carbocycles. The smallest absolute Gasteiger partial charge is 0.308 e. The van der Waals surface area contributed by atoms with E-state index in [4.69, 9.17) is 24.0 Å². The van der Waals surface area contributed by atoms with Crippen LogP contribution < -0.4 is 5.32 Å². The van der Waals surface area contributed by atoms with Gasteiger partial charge in [0, 0.05) is 37.1 Å². The van der Waals surface area contributed by atoms with E-state index >= 15 is 0 Å². The van der Waals surface area contributed by atoms with Gasteiger partial charge < -0.3 is 24.6 Å². The second kappa shape index (κ2) is 11.2. The summed E-state index contributed by atoms with van der Waals surface area (Å²) in [5, 5.41) is 12.0. The first-order valence-electron chi connectivity index (χ1n) is 14.0. The summed E-state index contributed by atoms with van der Waals surface area (Å²) in [6.45, 7) is 6.25. The molecule has 5 fully saturated rings. The molecule has 214 valence electrons. The number of carbonyl (C=O) groups is 3. The SMILES string of the molecule is C[C@H]1[C@H](OC(=O)CCC(=O)NCC(CC(=O)O)c2ccccc2)O[C@@H]2OC3(C)CC[C@H]4[C@H](C)CC[C@@H]1C24OO3. The van der Waals surface area contributed by atoms with Crippen LogP contribution in [-0.4, -0.2) is 53.5 Å². The molecular weight excluding hydrogens is 506 g/mol. The number of rotatable bonds is 9. The summed E-state index contributed by atoms with van der Waals surface area (Å²) in [5.74, 6) is -2.57. The Balaban J connectivity index is 1.16. The molecule has 4 heterocycles. The monoisotopic (exact) mass is 545 g/mol. The van der Waals surface area contributed by atoms with Gasteiger partial charge in [0.15, 0.2) is 11.9 Å². The molecular formula is C29H39NO9. The molecule has 2 N–H and O–H groups in total. The number of amides is 1. The lowest BCUT2D eigenvalue weighted by Gasteiger charge is -2.59. The van der Waals surface area contributed by atoms with Crippen molar-refractivity contribution in [2.75, 3.05) is 6.54 Å². The standard InChI is InChI=1S/C29H39NO9/c1-17-9-10-22-18(2)26(36-27-29(22)21(17)13-14-28(3,37-27)38-39-29)35-25(34)12-11-23(31)30-16-20(15-24(32)33)19-7-5-4-6-8-19/h4-8,17-18,20-22,26-27H,9-16H2,1-3H3,(H,30,31)(H,32,33)/t17-,18-,20?,21+,22+,26-,27-,28?,29?/m1/s1. The molecule has 39 heavy (non-hydrogen) atoms. The third-order valence-electron chi connectivity index (χ3n) is 9.14. The Bertz CT molecular complexity index is 1070. The Morgan fingerprint density at radius 2 is 1.85 bits per heavy atom. The predicted molar refractivity (Wildman–Crippen MR) is 137 cm³/mol. The summed E-state index contributed by atoms with van der Waals surface area (Å²) in [7, 11) is 0. The highest BCUT2D eigenvalue weighted by Gasteiger charge is 2.69. The summed E-state index contributed by atoms with van der Waals surface area (Å²) in [6, 6.07) is 9.18. The van der Waals surface area contributed by atoms with Gasteiger partial charge in [0.05, 0.1) is 12.8 Å². The quantitative estimate of drug-likeness (QED) is 0.351. The fourth-order valence-corrected chi connectivity index (χ4v) is 6.98. The maximum Gasteiger partial charge on any atom is 0.308 e. The lowest BCUT2D eigenvalue weighted by molar-refractivity contribution is -0.576. The highest BCUT2D eigenvalue weighted by Crippen LogP contribution is 2.60. The van der Waals surface area contributed by atoms with Crippen molar-refractivity contribution in [2.24, 2.45) is 23.7 Å². The molecule has 4 aliphatic heterocycles. The molecule has 1 aromatic rings. The molecule has 1 aliphatic carbocycles. The number of hydrogen-bond donors (Lipinski definition) is 2. The Morgan fingerprint density at radius 3 is 2.59 bits per heavy atom. The lowest BCUT2D eigenvalue weighted by Crippen LogP contribution is -2.70. The van der Waals surface area contributed by atoms with Gasteiger partial charge in [-0.15, -0.1) is 0 Å². The van der Waals surface area contributed by atoms with Crippen molar-refractivity contribution in [2.45, 2.75) is 95.6 Å². The van der Waals surface area contributed by atoms with Crippen LogP contribution in [0, 0.1) is 23.7 Å². The van der Waals surface area contributed by atoms with E-state index in [1.807, 2.05) is 44.2 Å². The molecule has 10 nitrogen and oxygen atoms in total. The van der Waals surface area contributed by atoms with E-state index in [1.165, 1.54) is 0 Å². The molecule has 1 spiro atoms. The van der Waals surface area contributed by atoms with Gasteiger partial charge in [0.25, 0.3) is 0 Å². The average molecular weight is 546 g/mol. The summed E-state index contributed by atoms with van der Waals surface area (Å²) in [5.41, 5.74) is 0.0963. The van der Waals surface area contributed by atoms with Gasteiger partial charge in [-0.2, -0.15) is 0 Å². The summed E-state index contributed by atoms with van der Waals surface area (Å²) in [4.78, 5) is 48.5. The molecule has 0 aromatic heterocycles. The Morgan fingerprint density at radius 1 is 1.08 bits per heavy atom. The van der Waals surface area contributed by atoms with Crippen molar-refractivity contribution in [3.05, 3.63) is 35.9 Å². The third-order valence-corrected chi connectivity index (χ3v) is 9.14. The van der Waals surface area contributed by atoms with Crippen molar-refractivity contribution >= 4 is 17.8 Å². The van der Waals surface area contributed by atoms with Gasteiger partial charge >= 0.3 is 11.9 Å². The second-order valence-electron chi connectivity index (χ2n) is 11.8. The number of carbonyl (C=O) groups excluding carboxylic acids is 2. The first-order chi connectivity index (χ1) is 18.6. The van der Waals surface area contributed by atoms with Gasteiger partial charge in [0.2, 0.25) is 18.0 Å². The maximum absolute atomic E-state index is 12.8. The van der Waals surface area contributed by atoms with E-state index in [-0.39, 0.29) is 55.4 Å². The van der Waals surface area contributed by atoms with Crippen molar-refractivity contribution < 1.29 is 43.5 Å². The van der Waals surface area contributed by atoms with E-state index in [2.05, 4.69) is 12.2 Å². The summed E-state index contributed by atoms with van der Waals surface area (Å²) >= 11 is 0. The summed E-state index contributed by atoms with van der Waals surface area (Å²) in [6.07, 6.45) is 1.71. The number of carboxylic acids is 1. The van der Waals surface area contributed by atoms with Gasteiger partial charge in [0.1, 0.15) is 0 Å². The van der Waals surface area contributed by atoms with E-state index in [0.717, 1.165) is 24.8 Å². The van der Waals surface area contributed by atoms with E-state index < -0.39 is 35.9 Å². The van der Waals surface area contributed by atoms with Crippen LogP contribution in [0.15, 0.2) is 30.3 Å². The predicted octanol–water partition coefficient (Wildman–Crippen LogP) is 3.89. The van der Waals surface area contributed by atoms with Crippen LogP contribution in [-0.2, 0) is 38.4 Å². The Labute approximate surface area is 228 Å². The third kappa shape index (κ3) is 5.57. The normalized spacial score (nSPS) is 37.7. The van der Waals surface area contributed by atoms with Crippen LogP contribution in [0.2, 0.25) is 0 Å². The topological polar surface area (TPSA) is 130 Å². The second-order valence-corrected chi connectivity index (χ2v) is 11.8. The zero-order valence-electron chi connectivity index (χ0n) is 22.8. The first kappa shape index (κ1) is 28.0. The fraction of sp³-hybridized carbons (Fsp3) is 0.690. The van der Waals surface area contributed by atoms with Crippen LogP contribution in [0.4, 0.5) is 0 Å². The number of benzene rings is 1. The van der Waals surface area contributed by atoms with Crippen LogP contribution >= 0.6 is 0 Å². The molecule has 10 heteroatoms. The molecule has 9 atom stereocenters. The highest BCUT2D eigenvalue weighted by molar-refractivity contribution is 5.81. The van der Waals surface area contributed by atoms with E-state index in [9.17, 15) is 19.5 Å². The average Bonchev–Trinajstić information content (AvgIpc) is 3.14. The zero-order chi connectivity index (χ0) is 27.8. The number of ether oxygens (including phenoxy) is 3. The molecule has 0 radical (unpaired) electrons. The molecule has 1 saturated carbocycles. The van der Waals surface area contributed by atoms with Crippen molar-refractivity contribution in [1.82, 2.24) is 5.32 Å². The van der Waals surface area contributed by atoms with Crippen molar-refractivity contribution in [3.63, 3.8) is 0 Å². The lowest BCUT2D eigenvalue weighted by atomic mass is 9.58. The van der Waals surface area contributed by atoms with Gasteiger partial charge in [-0.1, -0.05) is 44.2 Å². The van der Waals surface area contributed by atoms with Crippen molar-refractivity contribution in [3.8, 4) is 0 Å². The minimum Gasteiger partial charge on any atom is -0.481 e. The minimum atomic E-state index is -0.944. The minimum absolute atomic E-state index is 0.0327. The molecule has 3 unspecified atom stereocenters. The Kier molecular flexibility index (Phi) is 8.01. The van der Waals surface area contributed by atoms with Crippen molar-refractivity contribution in [1.29, 1.82) is 0 Å². The van der Waals surface area contributed by atoms with Crippen LogP contribution in [0.5, 0.6) is 0 Å². The fourth-order valence-electron chi connectivity index (χ4n) is 6.98. The maximum atomic E-state index is 12.8. The van der Waals surface area contributed by atoms with Crippen LogP contribution in [0.25, 0.3) is 0 Å². The van der Waals surface area contributed by atoms with E-state index in [0.29, 0.717) is 12.3 Å². The van der Waals surface area contributed by atoms with Crippen LogP contribution in [0.1, 0.15) is 77.2 Å². The number of esters is 1. The first-order valence-corrected chi connectivity index (χ1v) is 14.0. The van der Waals surface area contributed by atoms with Gasteiger partial charge in [-0.25, -0.2) is 9.78 Å². The van der Waals surface area contributed by atoms with Gasteiger partial charge in [-0.05, 0) is 43.6 Å². The molecule has 4 saturated heterocycles. The summed E-state index contributed by atoms with van der Waals surface area (Å²) < 4.78 is 18.3. The number of fused-ring (bicyclic) bond motifs is 2. The highest BCUT2D eigenvalue weighted by atomic mass is 17.3. The number of carboxylic acid groups (broad SMARTS) is 1. The number of aliphatic carboxylic acids is 1. The van der Waals surface area contributed by atoms with E-state index in [1.54, 1.807) is 0 Å². The van der Waals surface area contributed by atoms with Crippen LogP contribution in [0.3, 0.4) is 0 Å². The molecule has 1 amide bonds. The molecule has 6 rings (SSSR count). The molecule has 2 bridgehead atoms. The Hall–Kier alpha value is -2.53. The van der Waals surface area contributed by atoms with Gasteiger partial charge in [-0.3, -0.25) is 14.4 Å². The largest absolute Gasteiger partial charge is 0.481 e.